The van der Waals surface area contributed by atoms with Crippen molar-refractivity contribution in [1.82, 2.24) is 0 Å². The smallest absolute Gasteiger partial charge is 0.311 e. The highest BCUT2D eigenvalue weighted by Gasteiger charge is 2.37. The number of rotatable bonds is 9. The molecule has 0 aromatic carbocycles. The summed E-state index contributed by atoms with van der Waals surface area (Å²) < 4.78 is 18.1. The van der Waals surface area contributed by atoms with Crippen LogP contribution in [0.25, 0.3) is 0 Å². The van der Waals surface area contributed by atoms with E-state index in [0.717, 1.165) is 25.7 Å². The molecule has 0 saturated carbocycles. The van der Waals surface area contributed by atoms with Gasteiger partial charge in [-0.2, -0.15) is 0 Å². The molecule has 6 heteroatoms. The maximum Gasteiger partial charge on any atom is 0.311 e. The van der Waals surface area contributed by atoms with Gasteiger partial charge in [0.15, 0.2) is 16.6 Å². The van der Waals surface area contributed by atoms with E-state index in [9.17, 15) is 0 Å². The van der Waals surface area contributed by atoms with Crippen molar-refractivity contribution in [2.75, 3.05) is 13.2 Å². The Morgan fingerprint density at radius 3 is 1.83 bits per heavy atom. The molecule has 110 valence electrons. The van der Waals surface area contributed by atoms with Crippen LogP contribution in [0.5, 0.6) is 0 Å². The largest absolute Gasteiger partial charge is 0.437 e. The highest BCUT2D eigenvalue weighted by atomic mass is 28.5. The van der Waals surface area contributed by atoms with Crippen molar-refractivity contribution in [3.63, 3.8) is 0 Å². The van der Waals surface area contributed by atoms with Gasteiger partial charge in [-0.25, -0.2) is 0 Å². The third kappa shape index (κ3) is 10.5. The van der Waals surface area contributed by atoms with Gasteiger partial charge < -0.3 is 13.0 Å². The van der Waals surface area contributed by atoms with E-state index >= 15 is 0 Å². The molecule has 0 saturated heterocycles. The van der Waals surface area contributed by atoms with Crippen LogP contribution in [-0.2, 0) is 13.0 Å². The summed E-state index contributed by atoms with van der Waals surface area (Å²) in [5.41, 5.74) is 0. The lowest BCUT2D eigenvalue weighted by molar-refractivity contribution is 0.147. The second-order valence-corrected chi connectivity index (χ2v) is 19.5. The molecule has 0 aliphatic rings. The lowest BCUT2D eigenvalue weighted by Gasteiger charge is -2.37. The average molecular weight is 309 g/mol. The molecule has 0 unspecified atom stereocenters. The molecule has 0 spiro atoms. The highest BCUT2D eigenvalue weighted by molar-refractivity contribution is 6.87. The molecule has 0 N–H and O–H groups in total. The van der Waals surface area contributed by atoms with Gasteiger partial charge in [-0.1, -0.05) is 0 Å². The van der Waals surface area contributed by atoms with E-state index in [1.807, 2.05) is 6.92 Å². The van der Waals surface area contributed by atoms with Gasteiger partial charge in [0.05, 0.1) is 0 Å². The Kier molecular flexibility index (Phi) is 7.57. The minimum Gasteiger partial charge on any atom is -0.437 e. The van der Waals surface area contributed by atoms with Gasteiger partial charge in [-0.05, 0) is 65.2 Å². The molecular formula is C12H32O3Si3. The first-order chi connectivity index (χ1) is 7.97. The lowest BCUT2D eigenvalue weighted by Crippen LogP contribution is -2.51. The fourth-order valence-electron chi connectivity index (χ4n) is 2.22. The van der Waals surface area contributed by atoms with Crippen molar-refractivity contribution < 1.29 is 13.0 Å². The lowest BCUT2D eigenvalue weighted by atomic mass is 10.5. The topological polar surface area (TPSA) is 27.7 Å². The summed E-state index contributed by atoms with van der Waals surface area (Å²) in [5, 5.41) is 0. The molecule has 18 heavy (non-hydrogen) atoms. The van der Waals surface area contributed by atoms with Crippen LogP contribution < -0.4 is 0 Å². The zero-order valence-corrected chi connectivity index (χ0v) is 16.6. The maximum absolute atomic E-state index is 6.42. The van der Waals surface area contributed by atoms with Gasteiger partial charge >= 0.3 is 8.56 Å². The number of hydrogen-bond acceptors (Lipinski definition) is 3. The van der Waals surface area contributed by atoms with Gasteiger partial charge in [0, 0.05) is 13.2 Å². The van der Waals surface area contributed by atoms with Gasteiger partial charge in [0.25, 0.3) is 0 Å². The zero-order valence-electron chi connectivity index (χ0n) is 13.6. The standard InChI is InChI=1S/C12H32O3Si3/c1-9-13-11-10-12-17(5,6)15-18(7,8)14-16(2,3)4/h9-12H2,1-8H3. The molecular weight excluding hydrogens is 276 g/mol. The molecule has 0 rings (SSSR count). The van der Waals surface area contributed by atoms with E-state index in [2.05, 4.69) is 45.8 Å². The Morgan fingerprint density at radius 2 is 1.39 bits per heavy atom. The normalized spacial score (nSPS) is 14.0. The first-order valence-electron chi connectivity index (χ1n) is 6.95. The Balaban J connectivity index is 4.20. The van der Waals surface area contributed by atoms with Crippen LogP contribution in [0, 0.1) is 0 Å². The average Bonchev–Trinajstić information content (AvgIpc) is 2.06. The predicted octanol–water partition coefficient (Wildman–Crippen LogP) is 4.19. The second kappa shape index (κ2) is 7.35. The molecule has 0 atom stereocenters. The summed E-state index contributed by atoms with van der Waals surface area (Å²) in [7, 11) is -5.07. The van der Waals surface area contributed by atoms with E-state index in [1.54, 1.807) is 0 Å². The highest BCUT2D eigenvalue weighted by Crippen LogP contribution is 2.23. The van der Waals surface area contributed by atoms with E-state index in [-0.39, 0.29) is 0 Å². The molecule has 0 fully saturated rings. The van der Waals surface area contributed by atoms with Crippen molar-refractivity contribution in [1.29, 1.82) is 0 Å². The first kappa shape index (κ1) is 18.5. The maximum atomic E-state index is 6.42. The van der Waals surface area contributed by atoms with Crippen LogP contribution in [0.4, 0.5) is 0 Å². The quantitative estimate of drug-likeness (QED) is 0.472. The molecule has 3 nitrogen and oxygen atoms in total. The Bertz CT molecular complexity index is 237. The molecule has 0 amide bonds. The summed E-state index contributed by atoms with van der Waals surface area (Å²) in [4.78, 5) is 0. The molecule has 0 radical (unpaired) electrons. The molecule has 0 aromatic rings. The Morgan fingerprint density at radius 1 is 0.833 bits per heavy atom. The molecule has 0 heterocycles. The summed E-state index contributed by atoms with van der Waals surface area (Å²) in [6.07, 6.45) is 1.10. The molecule has 0 aliphatic heterocycles. The number of hydrogen-bond donors (Lipinski definition) is 0. The van der Waals surface area contributed by atoms with Crippen molar-refractivity contribution in [3.8, 4) is 0 Å². The van der Waals surface area contributed by atoms with Crippen LogP contribution in [0.3, 0.4) is 0 Å². The van der Waals surface area contributed by atoms with E-state index in [1.165, 1.54) is 0 Å². The van der Waals surface area contributed by atoms with E-state index < -0.39 is 25.2 Å². The number of ether oxygens (including phenoxy) is 1. The van der Waals surface area contributed by atoms with Gasteiger partial charge in [0.1, 0.15) is 0 Å². The molecule has 0 bridgehead atoms. The SMILES string of the molecule is CCOCCC[Si](C)(C)O[Si](C)(C)O[Si](C)(C)C. The summed E-state index contributed by atoms with van der Waals surface area (Å²) >= 11 is 0. The van der Waals surface area contributed by atoms with E-state index in [0.29, 0.717) is 0 Å². The van der Waals surface area contributed by atoms with Crippen LogP contribution in [0.15, 0.2) is 0 Å². The summed E-state index contributed by atoms with van der Waals surface area (Å²) in [5.74, 6) is 0. The third-order valence-electron chi connectivity index (χ3n) is 2.35. The summed E-state index contributed by atoms with van der Waals surface area (Å²) in [6.45, 7) is 19.3. The van der Waals surface area contributed by atoms with Crippen LogP contribution in [0.1, 0.15) is 13.3 Å². The van der Waals surface area contributed by atoms with Crippen molar-refractivity contribution >= 4 is 25.2 Å². The van der Waals surface area contributed by atoms with Crippen LogP contribution in [-0.4, -0.2) is 38.4 Å². The van der Waals surface area contributed by atoms with Crippen molar-refractivity contribution in [3.05, 3.63) is 0 Å². The van der Waals surface area contributed by atoms with Crippen molar-refractivity contribution in [2.45, 2.75) is 65.2 Å². The predicted molar refractivity (Wildman–Crippen MR) is 86.4 cm³/mol. The Labute approximate surface area is 117 Å². The Hall–Kier alpha value is 0.531. The van der Waals surface area contributed by atoms with Crippen LogP contribution >= 0.6 is 0 Å². The van der Waals surface area contributed by atoms with Crippen LogP contribution in [0.2, 0.25) is 51.9 Å². The molecule has 0 aromatic heterocycles. The van der Waals surface area contributed by atoms with Gasteiger partial charge in [-0.3, -0.25) is 0 Å². The monoisotopic (exact) mass is 308 g/mol. The fourth-order valence-corrected chi connectivity index (χ4v) is 15.4. The third-order valence-corrected chi connectivity index (χ3v) is 12.5. The fraction of sp³-hybridized carbons (Fsp3) is 1.00. The minimum atomic E-state index is -1.96. The minimum absolute atomic E-state index is 0.807. The first-order valence-corrected chi connectivity index (χ1v) is 16.3. The zero-order chi connectivity index (χ0) is 14.4. The van der Waals surface area contributed by atoms with Gasteiger partial charge in [0.2, 0.25) is 0 Å². The molecule has 0 aliphatic carbocycles. The van der Waals surface area contributed by atoms with Crippen molar-refractivity contribution in [2.24, 2.45) is 0 Å². The summed E-state index contributed by atoms with van der Waals surface area (Å²) in [6, 6.07) is 1.15. The van der Waals surface area contributed by atoms with E-state index in [4.69, 9.17) is 13.0 Å². The second-order valence-electron chi connectivity index (χ2n) is 6.78. The van der Waals surface area contributed by atoms with Gasteiger partial charge in [-0.15, -0.1) is 0 Å².